The zero-order chi connectivity index (χ0) is 10.8. The van der Waals surface area contributed by atoms with Gasteiger partial charge in [0.15, 0.2) is 0 Å². The Morgan fingerprint density at radius 2 is 2.00 bits per heavy atom. The minimum absolute atomic E-state index is 0.308. The molecule has 1 N–H and O–H groups in total. The third-order valence-corrected chi connectivity index (χ3v) is 2.38. The van der Waals surface area contributed by atoms with E-state index in [1.165, 1.54) is 11.5 Å². The third-order valence-electron chi connectivity index (χ3n) is 2.38. The molecule has 0 spiro atoms. The first-order chi connectivity index (χ1) is 6.74. The largest absolute Gasteiger partial charge is 0.378 e. The number of nitrogens with zero attached hydrogens (tertiary/aromatic N) is 1. The molecule has 0 aliphatic heterocycles. The zero-order valence-electron chi connectivity index (χ0n) is 9.83. The van der Waals surface area contributed by atoms with E-state index in [2.05, 4.69) is 13.8 Å². The van der Waals surface area contributed by atoms with E-state index in [4.69, 9.17) is 4.74 Å². The summed E-state index contributed by atoms with van der Waals surface area (Å²) >= 11 is 0. The van der Waals surface area contributed by atoms with Gasteiger partial charge in [0.25, 0.3) is 0 Å². The van der Waals surface area contributed by atoms with Crippen molar-refractivity contribution in [3.8, 4) is 0 Å². The van der Waals surface area contributed by atoms with Crippen molar-refractivity contribution in [3.05, 3.63) is 0 Å². The molecule has 0 aromatic rings. The van der Waals surface area contributed by atoms with Crippen LogP contribution in [0.5, 0.6) is 0 Å². The van der Waals surface area contributed by atoms with Gasteiger partial charge in [-0.25, -0.2) is 0 Å². The predicted molar refractivity (Wildman–Crippen MR) is 58.6 cm³/mol. The van der Waals surface area contributed by atoms with Gasteiger partial charge in [-0.2, -0.15) is 5.06 Å². The molecule has 0 saturated carbocycles. The average molecular weight is 203 g/mol. The van der Waals surface area contributed by atoms with Gasteiger partial charge in [0.1, 0.15) is 0 Å². The van der Waals surface area contributed by atoms with Gasteiger partial charge in [0, 0.05) is 19.7 Å². The number of rotatable bonds is 9. The Morgan fingerprint density at radius 3 is 2.50 bits per heavy atom. The molecule has 0 aromatic carbocycles. The van der Waals surface area contributed by atoms with Crippen LogP contribution in [0.4, 0.5) is 0 Å². The third kappa shape index (κ3) is 7.30. The molecule has 0 aliphatic carbocycles. The molecular formula is C11H25NO2. The summed E-state index contributed by atoms with van der Waals surface area (Å²) in [7, 11) is 0. The van der Waals surface area contributed by atoms with Crippen LogP contribution in [0.25, 0.3) is 0 Å². The minimum Gasteiger partial charge on any atom is -0.378 e. The predicted octanol–water partition coefficient (Wildman–Crippen LogP) is 2.68. The van der Waals surface area contributed by atoms with Crippen LogP contribution >= 0.6 is 0 Å². The van der Waals surface area contributed by atoms with Crippen LogP contribution in [-0.2, 0) is 4.74 Å². The SMILES string of the molecule is CCCCOC(CC)CCN(O)CC. The second-order valence-electron chi connectivity index (χ2n) is 3.59. The topological polar surface area (TPSA) is 32.7 Å². The molecule has 0 aliphatic rings. The highest BCUT2D eigenvalue weighted by atomic mass is 16.5. The summed E-state index contributed by atoms with van der Waals surface area (Å²) in [6, 6.07) is 0. The fraction of sp³-hybridized carbons (Fsp3) is 1.00. The van der Waals surface area contributed by atoms with Gasteiger partial charge in [0.2, 0.25) is 0 Å². The van der Waals surface area contributed by atoms with Crippen LogP contribution in [-0.4, -0.2) is 36.1 Å². The van der Waals surface area contributed by atoms with E-state index < -0.39 is 0 Å². The van der Waals surface area contributed by atoms with Crippen LogP contribution in [0.3, 0.4) is 0 Å². The van der Waals surface area contributed by atoms with E-state index in [-0.39, 0.29) is 0 Å². The fourth-order valence-electron chi connectivity index (χ4n) is 1.25. The van der Waals surface area contributed by atoms with Gasteiger partial charge in [0.05, 0.1) is 6.10 Å². The van der Waals surface area contributed by atoms with Crippen LogP contribution in [0, 0.1) is 0 Å². The van der Waals surface area contributed by atoms with Gasteiger partial charge in [-0.3, -0.25) is 0 Å². The Bertz CT molecular complexity index is 120. The highest BCUT2D eigenvalue weighted by Gasteiger charge is 2.07. The first-order valence-electron chi connectivity index (χ1n) is 5.79. The molecule has 0 heterocycles. The maximum Gasteiger partial charge on any atom is 0.0585 e. The first kappa shape index (κ1) is 13.9. The molecule has 0 rings (SSSR count). The van der Waals surface area contributed by atoms with Crippen molar-refractivity contribution in [2.45, 2.75) is 52.6 Å². The van der Waals surface area contributed by atoms with E-state index >= 15 is 0 Å². The van der Waals surface area contributed by atoms with Gasteiger partial charge in [-0.05, 0) is 19.3 Å². The van der Waals surface area contributed by atoms with E-state index in [1.807, 2.05) is 6.92 Å². The Kier molecular flexibility index (Phi) is 9.35. The Morgan fingerprint density at radius 1 is 1.29 bits per heavy atom. The smallest absolute Gasteiger partial charge is 0.0585 e. The van der Waals surface area contributed by atoms with Crippen molar-refractivity contribution in [1.82, 2.24) is 5.06 Å². The Labute approximate surface area is 88.0 Å². The molecule has 1 unspecified atom stereocenters. The number of ether oxygens (including phenoxy) is 1. The monoisotopic (exact) mass is 203 g/mol. The molecule has 0 bridgehead atoms. The molecule has 0 aromatic heterocycles. The molecule has 0 fully saturated rings. The van der Waals surface area contributed by atoms with Gasteiger partial charge in [-0.1, -0.05) is 27.2 Å². The Hall–Kier alpha value is -0.120. The lowest BCUT2D eigenvalue weighted by Crippen LogP contribution is -2.25. The van der Waals surface area contributed by atoms with Gasteiger partial charge >= 0.3 is 0 Å². The summed E-state index contributed by atoms with van der Waals surface area (Å²) in [5.41, 5.74) is 0. The molecule has 0 saturated heterocycles. The molecule has 3 nitrogen and oxygen atoms in total. The van der Waals surface area contributed by atoms with Crippen molar-refractivity contribution in [3.63, 3.8) is 0 Å². The minimum atomic E-state index is 0.308. The van der Waals surface area contributed by atoms with Crippen LogP contribution in [0.1, 0.15) is 46.5 Å². The van der Waals surface area contributed by atoms with Crippen molar-refractivity contribution in [2.75, 3.05) is 19.7 Å². The molecular weight excluding hydrogens is 178 g/mol. The maximum absolute atomic E-state index is 9.25. The molecule has 86 valence electrons. The molecule has 0 radical (unpaired) electrons. The fourth-order valence-corrected chi connectivity index (χ4v) is 1.25. The molecule has 1 atom stereocenters. The zero-order valence-corrected chi connectivity index (χ0v) is 9.83. The molecule has 14 heavy (non-hydrogen) atoms. The second-order valence-corrected chi connectivity index (χ2v) is 3.59. The van der Waals surface area contributed by atoms with E-state index in [0.29, 0.717) is 19.2 Å². The molecule has 0 amide bonds. The lowest BCUT2D eigenvalue weighted by Gasteiger charge is -2.18. The summed E-state index contributed by atoms with van der Waals surface area (Å²) in [5, 5.41) is 10.6. The van der Waals surface area contributed by atoms with Crippen molar-refractivity contribution in [1.29, 1.82) is 0 Å². The quantitative estimate of drug-likeness (QED) is 0.462. The van der Waals surface area contributed by atoms with Gasteiger partial charge in [-0.15, -0.1) is 0 Å². The summed E-state index contributed by atoms with van der Waals surface area (Å²) in [6.45, 7) is 8.49. The Balaban J connectivity index is 3.47. The van der Waals surface area contributed by atoms with Crippen LogP contribution < -0.4 is 0 Å². The second kappa shape index (κ2) is 9.44. The number of hydrogen-bond acceptors (Lipinski definition) is 3. The summed E-state index contributed by atoms with van der Waals surface area (Å²) in [4.78, 5) is 0. The normalized spacial score (nSPS) is 13.5. The highest BCUT2D eigenvalue weighted by molar-refractivity contribution is 4.57. The average Bonchev–Trinajstić information content (AvgIpc) is 2.22. The number of hydrogen-bond donors (Lipinski definition) is 1. The summed E-state index contributed by atoms with van der Waals surface area (Å²) in [6.07, 6.45) is 4.57. The van der Waals surface area contributed by atoms with E-state index in [1.54, 1.807) is 0 Å². The van der Waals surface area contributed by atoms with Crippen molar-refractivity contribution in [2.24, 2.45) is 0 Å². The lowest BCUT2D eigenvalue weighted by molar-refractivity contribution is -0.0964. The maximum atomic E-state index is 9.25. The van der Waals surface area contributed by atoms with Crippen molar-refractivity contribution >= 4 is 0 Å². The van der Waals surface area contributed by atoms with Crippen molar-refractivity contribution < 1.29 is 9.94 Å². The lowest BCUT2D eigenvalue weighted by atomic mass is 10.2. The van der Waals surface area contributed by atoms with E-state index in [0.717, 1.165) is 25.9 Å². The number of hydroxylamine groups is 2. The molecule has 3 heteroatoms. The summed E-state index contributed by atoms with van der Waals surface area (Å²) in [5.74, 6) is 0. The standard InChI is InChI=1S/C11H25NO2/c1-4-7-10-14-11(5-2)8-9-12(13)6-3/h11,13H,4-10H2,1-3H3. The highest BCUT2D eigenvalue weighted by Crippen LogP contribution is 2.05. The summed E-state index contributed by atoms with van der Waals surface area (Å²) < 4.78 is 5.69. The number of unbranched alkanes of at least 4 members (excludes halogenated alkanes) is 1. The van der Waals surface area contributed by atoms with E-state index in [9.17, 15) is 5.21 Å². The first-order valence-corrected chi connectivity index (χ1v) is 5.79. The van der Waals surface area contributed by atoms with Gasteiger partial charge < -0.3 is 9.94 Å². The van der Waals surface area contributed by atoms with Crippen LogP contribution in [0.2, 0.25) is 0 Å². The van der Waals surface area contributed by atoms with Crippen LogP contribution in [0.15, 0.2) is 0 Å².